The monoisotopic (exact) mass is 343 g/mol. The van der Waals surface area contributed by atoms with Gasteiger partial charge < -0.3 is 10.6 Å². The number of aryl methyl sites for hydroxylation is 2. The average Bonchev–Trinajstić information content (AvgIpc) is 3.23. The molecule has 0 saturated heterocycles. The van der Waals surface area contributed by atoms with Crippen LogP contribution in [0.5, 0.6) is 0 Å². The minimum Gasteiger partial charge on any atom is -0.315 e. The summed E-state index contributed by atoms with van der Waals surface area (Å²) in [6.45, 7) is 5.19. The lowest BCUT2D eigenvalue weighted by Crippen LogP contribution is -2.39. The van der Waals surface area contributed by atoms with Gasteiger partial charge in [-0.3, -0.25) is 9.48 Å². The average molecular weight is 343 g/mol. The molecule has 1 aliphatic carbocycles. The van der Waals surface area contributed by atoms with Gasteiger partial charge in [-0.25, -0.2) is 0 Å². The Morgan fingerprint density at radius 2 is 2.38 bits per heavy atom. The second-order valence-corrected chi connectivity index (χ2v) is 7.22. The van der Waals surface area contributed by atoms with E-state index in [0.29, 0.717) is 23.7 Å². The van der Waals surface area contributed by atoms with Crippen molar-refractivity contribution in [3.05, 3.63) is 34.0 Å². The molecule has 0 saturated carbocycles. The summed E-state index contributed by atoms with van der Waals surface area (Å²) in [6, 6.07) is 1.92. The van der Waals surface area contributed by atoms with Gasteiger partial charge in [-0.15, -0.1) is 11.3 Å². The van der Waals surface area contributed by atoms with E-state index in [2.05, 4.69) is 21.8 Å². The van der Waals surface area contributed by atoms with Crippen LogP contribution in [0.2, 0.25) is 0 Å². The first-order valence-corrected chi connectivity index (χ1v) is 8.98. The van der Waals surface area contributed by atoms with Crippen molar-refractivity contribution in [3.63, 3.8) is 0 Å². The van der Waals surface area contributed by atoms with Gasteiger partial charge in [0.2, 0.25) is 5.91 Å². The molecule has 0 aliphatic heterocycles. The molecule has 24 heavy (non-hydrogen) atoms. The zero-order valence-corrected chi connectivity index (χ0v) is 14.7. The number of amides is 1. The Bertz CT molecular complexity index is 785. The van der Waals surface area contributed by atoms with Crippen molar-refractivity contribution in [2.24, 2.45) is 0 Å². The maximum Gasteiger partial charge on any atom is 0.241 e. The predicted molar refractivity (Wildman–Crippen MR) is 94.1 cm³/mol. The van der Waals surface area contributed by atoms with Gasteiger partial charge >= 0.3 is 0 Å². The summed E-state index contributed by atoms with van der Waals surface area (Å²) in [7, 11) is 0. The third kappa shape index (κ3) is 3.50. The number of nitrogens with one attached hydrogen (secondary N) is 2. The van der Waals surface area contributed by atoms with Crippen LogP contribution in [-0.4, -0.2) is 28.3 Å². The topological polar surface area (TPSA) is 82.7 Å². The molecule has 6 nitrogen and oxygen atoms in total. The number of aromatic nitrogens is 2. The molecule has 0 fully saturated rings. The Balaban J connectivity index is 1.54. The first-order chi connectivity index (χ1) is 11.6. The summed E-state index contributed by atoms with van der Waals surface area (Å²) < 4.78 is 1.85. The smallest absolute Gasteiger partial charge is 0.241 e. The number of anilines is 1. The number of nitriles is 1. The van der Waals surface area contributed by atoms with Gasteiger partial charge in [-0.05, 0) is 44.2 Å². The van der Waals surface area contributed by atoms with E-state index in [9.17, 15) is 10.1 Å². The van der Waals surface area contributed by atoms with E-state index in [1.165, 1.54) is 4.88 Å². The summed E-state index contributed by atoms with van der Waals surface area (Å²) >= 11 is 1.55. The summed E-state index contributed by atoms with van der Waals surface area (Å²) in [5.41, 5.74) is 2.91. The highest BCUT2D eigenvalue weighted by Gasteiger charge is 2.24. The quantitative estimate of drug-likeness (QED) is 0.842. The predicted octanol–water partition coefficient (Wildman–Crippen LogP) is 2.23. The van der Waals surface area contributed by atoms with Crippen LogP contribution in [0.1, 0.15) is 34.9 Å². The summed E-state index contributed by atoms with van der Waals surface area (Å²) in [4.78, 5) is 13.6. The highest BCUT2D eigenvalue weighted by atomic mass is 32.1. The summed E-state index contributed by atoms with van der Waals surface area (Å²) in [6.07, 6.45) is 6.85. The van der Waals surface area contributed by atoms with E-state index in [0.717, 1.165) is 30.4 Å². The molecule has 2 aromatic rings. The van der Waals surface area contributed by atoms with E-state index < -0.39 is 0 Å². The Labute approximate surface area is 145 Å². The van der Waals surface area contributed by atoms with Crippen molar-refractivity contribution in [1.29, 1.82) is 5.26 Å². The van der Waals surface area contributed by atoms with E-state index >= 15 is 0 Å². The SMILES string of the molecule is Cc1cnn(CCNC(C)C(=O)Nc2sc3c(c2C#N)CCC3)c1. The van der Waals surface area contributed by atoms with Crippen LogP contribution in [-0.2, 0) is 24.2 Å². The fourth-order valence-corrected chi connectivity index (χ4v) is 4.15. The number of thiophene rings is 1. The Hall–Kier alpha value is -2.17. The molecular weight excluding hydrogens is 322 g/mol. The molecule has 2 heterocycles. The molecule has 7 heteroatoms. The minimum atomic E-state index is -0.329. The van der Waals surface area contributed by atoms with Crippen molar-refractivity contribution in [3.8, 4) is 6.07 Å². The van der Waals surface area contributed by atoms with E-state index in [-0.39, 0.29) is 11.9 Å². The molecular formula is C17H21N5OS. The van der Waals surface area contributed by atoms with E-state index in [4.69, 9.17) is 0 Å². The summed E-state index contributed by atoms with van der Waals surface area (Å²) in [5.74, 6) is -0.108. The van der Waals surface area contributed by atoms with E-state index in [1.54, 1.807) is 11.3 Å². The number of hydrogen-bond acceptors (Lipinski definition) is 5. The lowest BCUT2D eigenvalue weighted by Gasteiger charge is -2.13. The van der Waals surface area contributed by atoms with Crippen LogP contribution >= 0.6 is 11.3 Å². The maximum absolute atomic E-state index is 12.4. The number of nitrogens with zero attached hydrogens (tertiary/aromatic N) is 3. The van der Waals surface area contributed by atoms with Crippen LogP contribution in [0.3, 0.4) is 0 Å². The van der Waals surface area contributed by atoms with Gasteiger partial charge in [0.1, 0.15) is 11.1 Å². The van der Waals surface area contributed by atoms with Gasteiger partial charge in [0.25, 0.3) is 0 Å². The molecule has 1 amide bonds. The van der Waals surface area contributed by atoms with Crippen molar-refractivity contribution in [2.75, 3.05) is 11.9 Å². The molecule has 0 aromatic carbocycles. The standard InChI is InChI=1S/C17H21N5OS/c1-11-9-20-22(10-11)7-6-19-12(2)16(23)21-17-14(8-18)13-4-3-5-15(13)24-17/h9-10,12,19H,3-7H2,1-2H3,(H,21,23). The Morgan fingerprint density at radius 1 is 1.54 bits per heavy atom. The van der Waals surface area contributed by atoms with Crippen LogP contribution < -0.4 is 10.6 Å². The molecule has 1 unspecified atom stereocenters. The summed E-state index contributed by atoms with van der Waals surface area (Å²) in [5, 5.41) is 20.4. The van der Waals surface area contributed by atoms with Gasteiger partial charge in [0, 0.05) is 17.6 Å². The zero-order chi connectivity index (χ0) is 17.1. The van der Waals surface area contributed by atoms with Crippen LogP contribution in [0.4, 0.5) is 5.00 Å². The van der Waals surface area contributed by atoms with Crippen molar-refractivity contribution >= 4 is 22.2 Å². The molecule has 0 radical (unpaired) electrons. The molecule has 1 atom stereocenters. The Morgan fingerprint density at radius 3 is 3.08 bits per heavy atom. The Kier molecular flexibility index (Phi) is 4.97. The molecule has 1 aliphatic rings. The molecule has 0 bridgehead atoms. The second kappa shape index (κ2) is 7.16. The molecule has 0 spiro atoms. The van der Waals surface area contributed by atoms with Crippen molar-refractivity contribution in [2.45, 2.75) is 45.7 Å². The van der Waals surface area contributed by atoms with Crippen molar-refractivity contribution in [1.82, 2.24) is 15.1 Å². The minimum absolute atomic E-state index is 0.108. The van der Waals surface area contributed by atoms with Gasteiger partial charge in [0.05, 0.1) is 24.3 Å². The fraction of sp³-hybridized carbons (Fsp3) is 0.471. The number of carbonyl (C=O) groups excluding carboxylic acids is 1. The third-order valence-corrected chi connectivity index (χ3v) is 5.42. The number of hydrogen-bond donors (Lipinski definition) is 2. The van der Waals surface area contributed by atoms with Crippen molar-refractivity contribution < 1.29 is 4.79 Å². The van der Waals surface area contributed by atoms with Gasteiger partial charge in [-0.1, -0.05) is 0 Å². The van der Waals surface area contributed by atoms with Crippen LogP contribution in [0.15, 0.2) is 12.4 Å². The number of rotatable bonds is 6. The molecule has 2 aromatic heterocycles. The number of carbonyl (C=O) groups is 1. The third-order valence-electron chi connectivity index (χ3n) is 4.22. The van der Waals surface area contributed by atoms with E-state index in [1.807, 2.05) is 30.9 Å². The van der Waals surface area contributed by atoms with Gasteiger partial charge in [0.15, 0.2) is 0 Å². The molecule has 2 N–H and O–H groups in total. The highest BCUT2D eigenvalue weighted by molar-refractivity contribution is 7.16. The lowest BCUT2D eigenvalue weighted by molar-refractivity contribution is -0.117. The highest BCUT2D eigenvalue weighted by Crippen LogP contribution is 2.38. The van der Waals surface area contributed by atoms with Crippen LogP contribution in [0.25, 0.3) is 0 Å². The zero-order valence-electron chi connectivity index (χ0n) is 13.9. The molecule has 126 valence electrons. The second-order valence-electron chi connectivity index (χ2n) is 6.12. The largest absolute Gasteiger partial charge is 0.315 e. The first-order valence-electron chi connectivity index (χ1n) is 8.16. The number of fused-ring (bicyclic) bond motifs is 1. The first kappa shape index (κ1) is 16.7. The molecule has 3 rings (SSSR count). The van der Waals surface area contributed by atoms with Gasteiger partial charge in [-0.2, -0.15) is 10.4 Å². The fourth-order valence-electron chi connectivity index (χ4n) is 2.91. The maximum atomic E-state index is 12.4. The normalized spacial score (nSPS) is 14.2. The lowest BCUT2D eigenvalue weighted by atomic mass is 10.1. The van der Waals surface area contributed by atoms with Crippen LogP contribution in [0, 0.1) is 18.3 Å².